The van der Waals surface area contributed by atoms with Crippen LogP contribution in [0.3, 0.4) is 0 Å². The van der Waals surface area contributed by atoms with Gasteiger partial charge < -0.3 is 5.73 Å². The van der Waals surface area contributed by atoms with Gasteiger partial charge in [0.15, 0.2) is 0 Å². The molecule has 0 saturated carbocycles. The maximum Gasteiger partial charge on any atom is 0.419 e. The first-order chi connectivity index (χ1) is 9.29. The molecule has 0 aromatic heterocycles. The highest BCUT2D eigenvalue weighted by molar-refractivity contribution is 9.10. The Morgan fingerprint density at radius 2 is 1.65 bits per heavy atom. The normalized spacial score (nSPS) is 13.3. The maximum atomic E-state index is 13.2. The van der Waals surface area contributed by atoms with Crippen molar-refractivity contribution in [2.24, 2.45) is 5.73 Å². The predicted octanol–water partition coefficient (Wildman–Crippen LogP) is 4.66. The van der Waals surface area contributed by atoms with Gasteiger partial charge in [-0.1, -0.05) is 34.1 Å². The fourth-order valence-electron chi connectivity index (χ4n) is 1.85. The highest BCUT2D eigenvalue weighted by Crippen LogP contribution is 2.33. The summed E-state index contributed by atoms with van der Waals surface area (Å²) >= 11 is 3.27. The van der Waals surface area contributed by atoms with E-state index in [4.69, 9.17) is 5.73 Å². The van der Waals surface area contributed by atoms with Crippen molar-refractivity contribution in [1.29, 1.82) is 0 Å². The van der Waals surface area contributed by atoms with Crippen LogP contribution >= 0.6 is 15.9 Å². The van der Waals surface area contributed by atoms with Gasteiger partial charge in [0.25, 0.3) is 0 Å². The van der Waals surface area contributed by atoms with Crippen LogP contribution in [0.2, 0.25) is 0 Å². The van der Waals surface area contributed by atoms with Gasteiger partial charge in [-0.2, -0.15) is 13.2 Å². The van der Waals surface area contributed by atoms with Crippen molar-refractivity contribution in [3.8, 4) is 0 Å². The molecule has 2 rings (SSSR count). The molecule has 0 amide bonds. The van der Waals surface area contributed by atoms with Crippen LogP contribution in [0.4, 0.5) is 17.6 Å². The molecule has 2 N–H and O–H groups in total. The van der Waals surface area contributed by atoms with E-state index in [1.165, 1.54) is 6.07 Å². The molecule has 0 bridgehead atoms. The minimum absolute atomic E-state index is 0.205. The van der Waals surface area contributed by atoms with E-state index < -0.39 is 23.6 Å². The fourth-order valence-corrected chi connectivity index (χ4v) is 2.26. The average molecular weight is 348 g/mol. The van der Waals surface area contributed by atoms with E-state index in [1.807, 2.05) is 0 Å². The predicted molar refractivity (Wildman–Crippen MR) is 71.6 cm³/mol. The molecule has 0 fully saturated rings. The van der Waals surface area contributed by atoms with E-state index in [9.17, 15) is 17.6 Å². The lowest BCUT2D eigenvalue weighted by Gasteiger charge is -2.16. The highest BCUT2D eigenvalue weighted by atomic mass is 79.9. The third-order valence-corrected chi connectivity index (χ3v) is 3.36. The van der Waals surface area contributed by atoms with Crippen molar-refractivity contribution in [3.05, 3.63) is 69.4 Å². The summed E-state index contributed by atoms with van der Waals surface area (Å²) in [6.07, 6.45) is -4.74. The number of rotatable bonds is 2. The Morgan fingerprint density at radius 3 is 2.25 bits per heavy atom. The Morgan fingerprint density at radius 1 is 1.00 bits per heavy atom. The Balaban J connectivity index is 2.43. The zero-order valence-electron chi connectivity index (χ0n) is 10.1. The Bertz CT molecular complexity index is 625. The fraction of sp³-hybridized carbons (Fsp3) is 0.143. The topological polar surface area (TPSA) is 26.0 Å². The van der Waals surface area contributed by atoms with E-state index in [1.54, 1.807) is 24.3 Å². The van der Waals surface area contributed by atoms with Gasteiger partial charge in [0, 0.05) is 4.47 Å². The van der Waals surface area contributed by atoms with Crippen LogP contribution in [0.5, 0.6) is 0 Å². The first-order valence-electron chi connectivity index (χ1n) is 5.66. The molecule has 20 heavy (non-hydrogen) atoms. The summed E-state index contributed by atoms with van der Waals surface area (Å²) in [7, 11) is 0. The van der Waals surface area contributed by atoms with Gasteiger partial charge in [-0.15, -0.1) is 0 Å². The van der Waals surface area contributed by atoms with Crippen LogP contribution in [-0.4, -0.2) is 0 Å². The average Bonchev–Trinajstić information content (AvgIpc) is 2.37. The lowest BCUT2D eigenvalue weighted by Crippen LogP contribution is -2.15. The van der Waals surface area contributed by atoms with Crippen LogP contribution in [0.1, 0.15) is 22.7 Å². The second-order valence-electron chi connectivity index (χ2n) is 4.27. The summed E-state index contributed by atoms with van der Waals surface area (Å²) in [4.78, 5) is 0. The van der Waals surface area contributed by atoms with Crippen LogP contribution in [0.25, 0.3) is 0 Å². The van der Waals surface area contributed by atoms with Crippen molar-refractivity contribution in [2.45, 2.75) is 12.2 Å². The number of benzene rings is 2. The second kappa shape index (κ2) is 5.54. The summed E-state index contributed by atoms with van der Waals surface area (Å²) in [5.74, 6) is -1.30. The monoisotopic (exact) mass is 347 g/mol. The van der Waals surface area contributed by atoms with E-state index in [-0.39, 0.29) is 5.56 Å². The van der Waals surface area contributed by atoms with Gasteiger partial charge in [0.05, 0.1) is 11.6 Å². The third-order valence-electron chi connectivity index (χ3n) is 2.86. The summed E-state index contributed by atoms with van der Waals surface area (Å²) < 4.78 is 52.0. The van der Waals surface area contributed by atoms with Gasteiger partial charge in [-0.25, -0.2) is 4.39 Å². The van der Waals surface area contributed by atoms with Gasteiger partial charge in [0.1, 0.15) is 5.82 Å². The molecule has 0 aliphatic heterocycles. The summed E-state index contributed by atoms with van der Waals surface area (Å²) in [5, 5.41) is 0. The number of halogens is 5. The first kappa shape index (κ1) is 15.0. The molecule has 0 spiro atoms. The first-order valence-corrected chi connectivity index (χ1v) is 6.46. The summed E-state index contributed by atoms with van der Waals surface area (Å²) in [6.45, 7) is 0. The quantitative estimate of drug-likeness (QED) is 0.786. The van der Waals surface area contributed by atoms with Gasteiger partial charge >= 0.3 is 6.18 Å². The molecule has 6 heteroatoms. The van der Waals surface area contributed by atoms with Crippen LogP contribution in [0.15, 0.2) is 46.9 Å². The molecule has 0 radical (unpaired) electrons. The summed E-state index contributed by atoms with van der Waals surface area (Å²) in [6, 6.07) is 8.96. The minimum atomic E-state index is -4.74. The molecule has 1 nitrogen and oxygen atoms in total. The molecule has 1 unspecified atom stereocenters. The molecule has 2 aromatic rings. The maximum absolute atomic E-state index is 13.2. The van der Waals surface area contributed by atoms with Crippen molar-refractivity contribution in [2.75, 3.05) is 0 Å². The van der Waals surface area contributed by atoms with Crippen LogP contribution < -0.4 is 5.73 Å². The zero-order valence-corrected chi connectivity index (χ0v) is 11.7. The van der Waals surface area contributed by atoms with Crippen molar-refractivity contribution in [1.82, 2.24) is 0 Å². The second-order valence-corrected chi connectivity index (χ2v) is 5.19. The molecule has 0 heterocycles. The van der Waals surface area contributed by atoms with Crippen molar-refractivity contribution in [3.63, 3.8) is 0 Å². The number of hydrogen-bond donors (Lipinski definition) is 1. The molecule has 0 saturated heterocycles. The van der Waals surface area contributed by atoms with Gasteiger partial charge in [-0.05, 0) is 35.4 Å². The number of alkyl halides is 3. The Hall–Kier alpha value is -1.40. The lowest BCUT2D eigenvalue weighted by atomic mass is 9.97. The van der Waals surface area contributed by atoms with E-state index in [0.29, 0.717) is 5.56 Å². The largest absolute Gasteiger partial charge is 0.419 e. The van der Waals surface area contributed by atoms with Crippen LogP contribution in [0, 0.1) is 5.82 Å². The molecule has 0 aliphatic rings. The van der Waals surface area contributed by atoms with E-state index in [2.05, 4.69) is 15.9 Å². The van der Waals surface area contributed by atoms with E-state index in [0.717, 1.165) is 16.6 Å². The summed E-state index contributed by atoms with van der Waals surface area (Å²) in [5.41, 5.74) is 5.48. The standard InChI is InChI=1S/C14H10BrF4N/c15-10-3-1-2-8(6-10)13(20)9-4-5-12(16)11(7-9)14(17,18)19/h1-7,13H,20H2. The molecule has 106 valence electrons. The highest BCUT2D eigenvalue weighted by Gasteiger charge is 2.34. The van der Waals surface area contributed by atoms with Crippen molar-refractivity contribution < 1.29 is 17.6 Å². The Kier molecular flexibility index (Phi) is 4.15. The van der Waals surface area contributed by atoms with Crippen molar-refractivity contribution >= 4 is 15.9 Å². The molecule has 0 aliphatic carbocycles. The molecule has 1 atom stereocenters. The lowest BCUT2D eigenvalue weighted by molar-refractivity contribution is -0.140. The van der Waals surface area contributed by atoms with E-state index >= 15 is 0 Å². The SMILES string of the molecule is NC(c1cccc(Br)c1)c1ccc(F)c(C(F)(F)F)c1. The minimum Gasteiger partial charge on any atom is -0.320 e. The third kappa shape index (κ3) is 3.19. The van der Waals surface area contributed by atoms with Gasteiger partial charge in [0.2, 0.25) is 0 Å². The van der Waals surface area contributed by atoms with Gasteiger partial charge in [-0.3, -0.25) is 0 Å². The zero-order chi connectivity index (χ0) is 14.9. The molecular weight excluding hydrogens is 338 g/mol. The number of nitrogens with two attached hydrogens (primary N) is 1. The smallest absolute Gasteiger partial charge is 0.320 e. The molecule has 2 aromatic carbocycles. The number of hydrogen-bond acceptors (Lipinski definition) is 1. The molecular formula is C14H10BrF4N. The Labute approximate surface area is 121 Å². The van der Waals surface area contributed by atoms with Crippen LogP contribution in [-0.2, 0) is 6.18 Å².